The number of nitrogens with two attached hydrogens (primary N) is 1. The van der Waals surface area contributed by atoms with Crippen LogP contribution in [0, 0.1) is 5.92 Å². The van der Waals surface area contributed by atoms with Crippen LogP contribution in [-0.4, -0.2) is 29.4 Å². The van der Waals surface area contributed by atoms with Gasteiger partial charge in [-0.15, -0.1) is 0 Å². The smallest absolute Gasteiger partial charge is 0.272 e. The van der Waals surface area contributed by atoms with Gasteiger partial charge in [-0.3, -0.25) is 9.78 Å². The van der Waals surface area contributed by atoms with E-state index >= 15 is 0 Å². The normalized spacial score (nSPS) is 14.9. The molecule has 0 aliphatic heterocycles. The van der Waals surface area contributed by atoms with E-state index in [1.807, 2.05) is 13.1 Å². The minimum absolute atomic E-state index is 0.00419. The summed E-state index contributed by atoms with van der Waals surface area (Å²) in [6.45, 7) is 1.30. The molecule has 0 bridgehead atoms. The lowest BCUT2D eigenvalue weighted by atomic mass is 10.2. The summed E-state index contributed by atoms with van der Waals surface area (Å²) in [6, 6.07) is 3.60. The fraction of sp³-hybridized carbons (Fsp3) is 0.500. The fourth-order valence-corrected chi connectivity index (χ4v) is 1.64. The van der Waals surface area contributed by atoms with Crippen LogP contribution in [0.25, 0.3) is 0 Å². The molecule has 86 valence electrons. The van der Waals surface area contributed by atoms with Crippen LogP contribution in [0.2, 0.25) is 0 Å². The maximum atomic E-state index is 11.9. The van der Waals surface area contributed by atoms with Crippen molar-refractivity contribution < 1.29 is 4.79 Å². The first-order valence-corrected chi connectivity index (χ1v) is 5.61. The van der Waals surface area contributed by atoms with E-state index < -0.39 is 0 Å². The maximum absolute atomic E-state index is 11.9. The molecule has 0 atom stereocenters. The molecule has 0 spiro atoms. The van der Waals surface area contributed by atoms with Crippen molar-refractivity contribution in [1.29, 1.82) is 0 Å². The highest BCUT2D eigenvalue weighted by molar-refractivity contribution is 5.92. The van der Waals surface area contributed by atoms with Crippen LogP contribution in [0.1, 0.15) is 28.9 Å². The summed E-state index contributed by atoms with van der Waals surface area (Å²) in [7, 11) is 1.83. The summed E-state index contributed by atoms with van der Waals surface area (Å²) in [4.78, 5) is 17.8. The third kappa shape index (κ3) is 2.58. The number of rotatable bonds is 4. The van der Waals surface area contributed by atoms with Gasteiger partial charge in [0.05, 0.1) is 0 Å². The summed E-state index contributed by atoms with van der Waals surface area (Å²) < 4.78 is 0. The number of aromatic nitrogens is 1. The van der Waals surface area contributed by atoms with Crippen molar-refractivity contribution >= 4 is 5.91 Å². The second kappa shape index (κ2) is 4.61. The Hall–Kier alpha value is -1.42. The first kappa shape index (κ1) is 11.1. The molecule has 0 aromatic carbocycles. The van der Waals surface area contributed by atoms with Gasteiger partial charge in [0.25, 0.3) is 5.91 Å². The van der Waals surface area contributed by atoms with Gasteiger partial charge in [0.2, 0.25) is 0 Å². The molecular weight excluding hydrogens is 202 g/mol. The maximum Gasteiger partial charge on any atom is 0.272 e. The minimum Gasteiger partial charge on any atom is -0.340 e. The largest absolute Gasteiger partial charge is 0.340 e. The van der Waals surface area contributed by atoms with Crippen molar-refractivity contribution in [3.8, 4) is 0 Å². The summed E-state index contributed by atoms with van der Waals surface area (Å²) in [5.74, 6) is 0.702. The Morgan fingerprint density at radius 2 is 2.31 bits per heavy atom. The predicted molar refractivity (Wildman–Crippen MR) is 61.8 cm³/mol. The Bertz CT molecular complexity index is 370. The third-order valence-corrected chi connectivity index (χ3v) is 2.86. The first-order valence-electron chi connectivity index (χ1n) is 5.61. The average Bonchev–Trinajstić information content (AvgIpc) is 3.12. The number of amides is 1. The lowest BCUT2D eigenvalue weighted by Crippen LogP contribution is -2.29. The molecule has 1 aliphatic rings. The van der Waals surface area contributed by atoms with E-state index in [-0.39, 0.29) is 5.91 Å². The fourth-order valence-electron chi connectivity index (χ4n) is 1.64. The van der Waals surface area contributed by atoms with Crippen molar-refractivity contribution in [1.82, 2.24) is 9.88 Å². The second-order valence-corrected chi connectivity index (χ2v) is 4.38. The zero-order valence-corrected chi connectivity index (χ0v) is 9.52. The quantitative estimate of drug-likeness (QED) is 0.822. The predicted octanol–water partition coefficient (Wildman–Crippen LogP) is 1.02. The summed E-state index contributed by atoms with van der Waals surface area (Å²) in [5, 5.41) is 0. The van der Waals surface area contributed by atoms with Crippen LogP contribution < -0.4 is 5.73 Å². The third-order valence-electron chi connectivity index (χ3n) is 2.86. The van der Waals surface area contributed by atoms with E-state index in [0.717, 1.165) is 12.1 Å². The van der Waals surface area contributed by atoms with Crippen LogP contribution in [0.4, 0.5) is 0 Å². The summed E-state index contributed by atoms with van der Waals surface area (Å²) in [6.07, 6.45) is 4.16. The lowest BCUT2D eigenvalue weighted by Gasteiger charge is -2.16. The van der Waals surface area contributed by atoms with Gasteiger partial charge in [0.15, 0.2) is 0 Å². The van der Waals surface area contributed by atoms with Crippen molar-refractivity contribution in [2.75, 3.05) is 13.6 Å². The standard InChI is InChI=1S/C12H17N3O/c1-15(8-9-2-3-9)12(16)11-5-4-10(6-13)7-14-11/h4-5,7,9H,2-3,6,8,13H2,1H3. The monoisotopic (exact) mass is 219 g/mol. The van der Waals surface area contributed by atoms with Crippen LogP contribution >= 0.6 is 0 Å². The molecule has 1 saturated carbocycles. The van der Waals surface area contributed by atoms with E-state index in [1.165, 1.54) is 12.8 Å². The molecule has 2 rings (SSSR count). The number of pyridine rings is 1. The highest BCUT2D eigenvalue weighted by Gasteiger charge is 2.25. The van der Waals surface area contributed by atoms with Gasteiger partial charge in [-0.05, 0) is 30.4 Å². The summed E-state index contributed by atoms with van der Waals surface area (Å²) >= 11 is 0. The SMILES string of the molecule is CN(CC1CC1)C(=O)c1ccc(CN)cn1. The van der Waals surface area contributed by atoms with Gasteiger partial charge >= 0.3 is 0 Å². The van der Waals surface area contributed by atoms with Crippen molar-refractivity contribution in [3.63, 3.8) is 0 Å². The topological polar surface area (TPSA) is 59.2 Å². The number of hydrogen-bond acceptors (Lipinski definition) is 3. The minimum atomic E-state index is -0.00419. The van der Waals surface area contributed by atoms with Gasteiger partial charge in [-0.25, -0.2) is 0 Å². The Kier molecular flexibility index (Phi) is 3.19. The highest BCUT2D eigenvalue weighted by Crippen LogP contribution is 2.29. The van der Waals surface area contributed by atoms with Crippen molar-refractivity contribution in [3.05, 3.63) is 29.6 Å². The number of carbonyl (C=O) groups excluding carboxylic acids is 1. The molecule has 4 heteroatoms. The van der Waals surface area contributed by atoms with Crippen LogP contribution in [0.3, 0.4) is 0 Å². The molecule has 4 nitrogen and oxygen atoms in total. The first-order chi connectivity index (χ1) is 7.70. The molecule has 0 unspecified atom stereocenters. The van der Waals surface area contributed by atoms with Crippen LogP contribution in [0.5, 0.6) is 0 Å². The molecule has 1 amide bonds. The van der Waals surface area contributed by atoms with Gasteiger partial charge in [0, 0.05) is 26.3 Å². The molecule has 16 heavy (non-hydrogen) atoms. The number of nitrogens with zero attached hydrogens (tertiary/aromatic N) is 2. The molecule has 0 saturated heterocycles. The van der Waals surface area contributed by atoms with E-state index in [0.29, 0.717) is 18.2 Å². The Morgan fingerprint density at radius 3 is 2.81 bits per heavy atom. The van der Waals surface area contributed by atoms with Gasteiger partial charge in [0.1, 0.15) is 5.69 Å². The zero-order valence-electron chi connectivity index (χ0n) is 9.52. The lowest BCUT2D eigenvalue weighted by molar-refractivity contribution is 0.0783. The van der Waals surface area contributed by atoms with E-state index in [2.05, 4.69) is 4.98 Å². The van der Waals surface area contributed by atoms with Crippen LogP contribution in [0.15, 0.2) is 18.3 Å². The van der Waals surface area contributed by atoms with Crippen molar-refractivity contribution in [2.45, 2.75) is 19.4 Å². The molecule has 1 aromatic heterocycles. The van der Waals surface area contributed by atoms with Gasteiger partial charge in [-0.1, -0.05) is 6.07 Å². The van der Waals surface area contributed by atoms with Crippen LogP contribution in [-0.2, 0) is 6.54 Å². The second-order valence-electron chi connectivity index (χ2n) is 4.38. The number of hydrogen-bond donors (Lipinski definition) is 1. The molecule has 1 fully saturated rings. The molecule has 0 radical (unpaired) electrons. The van der Waals surface area contributed by atoms with Crippen molar-refractivity contribution in [2.24, 2.45) is 11.7 Å². The Morgan fingerprint density at radius 1 is 1.56 bits per heavy atom. The van der Waals surface area contributed by atoms with Gasteiger partial charge in [-0.2, -0.15) is 0 Å². The average molecular weight is 219 g/mol. The number of carbonyl (C=O) groups is 1. The Labute approximate surface area is 95.5 Å². The molecule has 1 aromatic rings. The highest BCUT2D eigenvalue weighted by atomic mass is 16.2. The zero-order chi connectivity index (χ0) is 11.5. The molecule has 2 N–H and O–H groups in total. The van der Waals surface area contributed by atoms with Gasteiger partial charge < -0.3 is 10.6 Å². The molecular formula is C12H17N3O. The molecule has 1 aliphatic carbocycles. The Balaban J connectivity index is 2.00. The molecule has 1 heterocycles. The summed E-state index contributed by atoms with van der Waals surface area (Å²) in [5.41, 5.74) is 6.92. The van der Waals surface area contributed by atoms with E-state index in [4.69, 9.17) is 5.73 Å². The van der Waals surface area contributed by atoms with E-state index in [9.17, 15) is 4.79 Å². The van der Waals surface area contributed by atoms with E-state index in [1.54, 1.807) is 17.2 Å².